The first-order valence-electron chi connectivity index (χ1n) is 26.6. The molecule has 0 saturated carbocycles. The zero-order valence-corrected chi connectivity index (χ0v) is 43.9. The second kappa shape index (κ2) is 31.1. The van der Waals surface area contributed by atoms with Gasteiger partial charge in [0.2, 0.25) is 0 Å². The molecule has 0 amide bonds. The van der Waals surface area contributed by atoms with E-state index in [1.165, 1.54) is 165 Å². The van der Waals surface area contributed by atoms with Gasteiger partial charge in [0.05, 0.1) is 13.6 Å². The van der Waals surface area contributed by atoms with Gasteiger partial charge in [-0.05, 0) is 43.4 Å². The van der Waals surface area contributed by atoms with E-state index in [4.69, 9.17) is 0 Å². The number of unbranched alkanes of at least 4 members (excludes halogenated alkanes) is 20. The second-order valence-electron chi connectivity index (χ2n) is 19.8. The van der Waals surface area contributed by atoms with Crippen molar-refractivity contribution < 1.29 is 92.7 Å². The fourth-order valence-electron chi connectivity index (χ4n) is 10.0. The molecule has 0 aliphatic rings. The fourth-order valence-corrected chi connectivity index (χ4v) is 10.0. The van der Waals surface area contributed by atoms with Crippen LogP contribution < -0.4 is 26.8 Å². The summed E-state index contributed by atoms with van der Waals surface area (Å²) in [4.78, 5) is 1.58. The third-order valence-electron chi connectivity index (χ3n) is 14.4. The highest BCUT2D eigenvalue weighted by molar-refractivity contribution is 7.20. The summed E-state index contributed by atoms with van der Waals surface area (Å²) in [7, 11) is 2.34. The first-order valence-corrected chi connectivity index (χ1v) is 26.6. The molecule has 5 aromatic carbocycles. The highest BCUT2D eigenvalue weighted by Crippen LogP contribution is 2.31. The molecule has 1 N–H and O–H groups in total. The van der Waals surface area contributed by atoms with Crippen LogP contribution in [0.1, 0.15) is 161 Å². The van der Waals surface area contributed by atoms with Crippen LogP contribution in [0.2, 0.25) is 0 Å². The standard InChI is InChI=1S/C33H61N.C24BF20/c1-4-6-8-10-12-13-14-15-16-17-18-19-20-21-23-25-31-34(3)33-29-27-32(28-30-33)26-24-22-11-9-7-5-2;26-5-1(6(27)14(35)21(42)13(5)34)25(2-7(28)15(36)22(43)16(37)8(2)29,3-9(30)17(38)23(44)18(39)10(3)31)4-11(32)19(40)24(45)20(41)12(4)33/h27-30H,4-26,31H2,1-3H3;/q;-1/p+1. The van der Waals surface area contributed by atoms with Gasteiger partial charge in [-0.25, -0.2) is 87.8 Å². The summed E-state index contributed by atoms with van der Waals surface area (Å²) in [5.74, 6) is -71.4. The zero-order valence-electron chi connectivity index (χ0n) is 43.9. The number of benzene rings is 5. The van der Waals surface area contributed by atoms with Crippen LogP contribution in [-0.2, 0) is 6.42 Å². The minimum absolute atomic E-state index is 1.25. The second-order valence-corrected chi connectivity index (χ2v) is 19.8. The Morgan fingerprint density at radius 1 is 0.266 bits per heavy atom. The summed E-state index contributed by atoms with van der Waals surface area (Å²) in [5.41, 5.74) is -11.3. The predicted molar refractivity (Wildman–Crippen MR) is 264 cm³/mol. The molecule has 1 unspecified atom stereocenters. The van der Waals surface area contributed by atoms with Crippen molar-refractivity contribution in [1.82, 2.24) is 0 Å². The lowest BCUT2D eigenvalue weighted by Gasteiger charge is -2.44. The summed E-state index contributed by atoms with van der Waals surface area (Å²) >= 11 is 0. The van der Waals surface area contributed by atoms with Gasteiger partial charge in [-0.2, -0.15) is 0 Å². The Labute approximate surface area is 446 Å². The van der Waals surface area contributed by atoms with E-state index >= 15 is 35.1 Å². The third-order valence-corrected chi connectivity index (χ3v) is 14.4. The van der Waals surface area contributed by atoms with Crippen molar-refractivity contribution in [2.45, 2.75) is 162 Å². The first-order chi connectivity index (χ1) is 37.5. The molecule has 1 atom stereocenters. The van der Waals surface area contributed by atoms with E-state index in [0.717, 1.165) is 0 Å². The highest BCUT2D eigenvalue weighted by Gasteiger charge is 2.52. The first kappa shape index (κ1) is 66.2. The molecule has 22 heteroatoms. The summed E-state index contributed by atoms with van der Waals surface area (Å²) in [6.07, 6.45) is 25.5. The van der Waals surface area contributed by atoms with Crippen LogP contribution in [0.15, 0.2) is 24.3 Å². The van der Waals surface area contributed by atoms with Crippen LogP contribution in [0.25, 0.3) is 0 Å². The maximum atomic E-state index is 15.4. The van der Waals surface area contributed by atoms with Gasteiger partial charge in [0.1, 0.15) is 58.4 Å². The summed E-state index contributed by atoms with van der Waals surface area (Å²) < 4.78 is 294. The number of hydrogen-bond acceptors (Lipinski definition) is 0. The molecule has 0 spiro atoms. The number of quaternary nitrogens is 1. The SMILES string of the molecule is CCCCCCCCCCCCCCCCCC[NH+](C)c1ccc(CCCCCCCC)cc1.Fc1c(F)c(F)c([B-](c2c(F)c(F)c(F)c(F)c2F)(c2c(F)c(F)c(F)c(F)c2F)c2c(F)c(F)c(F)c(F)c2F)c(F)c1F. The Morgan fingerprint density at radius 2 is 0.468 bits per heavy atom. The maximum Gasteiger partial charge on any atom is 0.200 e. The summed E-state index contributed by atoms with van der Waals surface area (Å²) in [5, 5.41) is 0. The van der Waals surface area contributed by atoms with Gasteiger partial charge in [0, 0.05) is 0 Å². The topological polar surface area (TPSA) is 4.44 Å². The molecule has 0 radical (unpaired) electrons. The van der Waals surface area contributed by atoms with Crippen LogP contribution in [-0.4, -0.2) is 19.7 Å². The Hall–Kier alpha value is -5.28. The van der Waals surface area contributed by atoms with Gasteiger partial charge in [0.15, 0.2) is 69.8 Å². The molecular weight excluding hydrogens is 1090 g/mol. The van der Waals surface area contributed by atoms with Crippen molar-refractivity contribution >= 4 is 33.7 Å². The molecule has 79 heavy (non-hydrogen) atoms. The van der Waals surface area contributed by atoms with Crippen molar-refractivity contribution in [3.05, 3.63) is 146 Å². The van der Waals surface area contributed by atoms with Gasteiger partial charge in [-0.3, -0.25) is 0 Å². The molecule has 1 nitrogen and oxygen atoms in total. The number of hydrogen-bond donors (Lipinski definition) is 1. The minimum Gasteiger partial charge on any atom is -0.305 e. The molecule has 5 aromatic rings. The molecule has 0 saturated heterocycles. The van der Waals surface area contributed by atoms with Crippen LogP contribution in [0.3, 0.4) is 0 Å². The monoisotopic (exact) mass is 1150 g/mol. The Kier molecular flexibility index (Phi) is 26.1. The zero-order chi connectivity index (χ0) is 58.9. The van der Waals surface area contributed by atoms with Gasteiger partial charge in [-0.15, -0.1) is 21.9 Å². The normalized spacial score (nSPS) is 12.1. The highest BCUT2D eigenvalue weighted by atomic mass is 19.2. The van der Waals surface area contributed by atoms with Crippen molar-refractivity contribution in [2.75, 3.05) is 13.6 Å². The van der Waals surface area contributed by atoms with E-state index in [2.05, 4.69) is 45.2 Å². The van der Waals surface area contributed by atoms with Crippen LogP contribution >= 0.6 is 0 Å². The molecule has 0 aliphatic heterocycles. The fraction of sp³-hybridized carbons (Fsp3) is 0.474. The lowest BCUT2D eigenvalue weighted by atomic mass is 9.12. The molecule has 438 valence electrons. The van der Waals surface area contributed by atoms with E-state index in [-0.39, 0.29) is 0 Å². The number of aryl methyl sites for hydroxylation is 1. The Morgan fingerprint density at radius 3 is 0.709 bits per heavy atom. The van der Waals surface area contributed by atoms with E-state index in [9.17, 15) is 52.7 Å². The van der Waals surface area contributed by atoms with Crippen molar-refractivity contribution in [3.8, 4) is 0 Å². The lowest BCUT2D eigenvalue weighted by molar-refractivity contribution is -0.810. The van der Waals surface area contributed by atoms with Crippen LogP contribution in [0.4, 0.5) is 93.5 Å². The van der Waals surface area contributed by atoms with Gasteiger partial charge < -0.3 is 4.90 Å². The van der Waals surface area contributed by atoms with Crippen molar-refractivity contribution in [1.29, 1.82) is 0 Å². The molecule has 0 bridgehead atoms. The number of rotatable bonds is 29. The van der Waals surface area contributed by atoms with Crippen molar-refractivity contribution in [3.63, 3.8) is 0 Å². The molecule has 0 fully saturated rings. The summed E-state index contributed by atoms with van der Waals surface area (Å²) in [6, 6.07) is 9.49. The summed E-state index contributed by atoms with van der Waals surface area (Å²) in [6.45, 7) is 5.87. The molecule has 0 aliphatic carbocycles. The largest absolute Gasteiger partial charge is 0.305 e. The molecule has 5 rings (SSSR count). The average Bonchev–Trinajstić information content (AvgIpc) is 3.49. The molecule has 0 heterocycles. The quantitative estimate of drug-likeness (QED) is 0.0160. The van der Waals surface area contributed by atoms with E-state index in [0.29, 0.717) is 0 Å². The Bertz CT molecular complexity index is 2420. The molecular formula is C57H62BF20N. The van der Waals surface area contributed by atoms with Crippen molar-refractivity contribution in [2.24, 2.45) is 0 Å². The van der Waals surface area contributed by atoms with Gasteiger partial charge >= 0.3 is 0 Å². The third kappa shape index (κ3) is 15.2. The molecule has 0 aromatic heterocycles. The number of halogens is 20. The van der Waals surface area contributed by atoms with E-state index in [1.807, 2.05) is 0 Å². The minimum atomic E-state index is -7.22. The maximum absolute atomic E-state index is 15.4. The van der Waals surface area contributed by atoms with E-state index in [1.54, 1.807) is 4.90 Å². The van der Waals surface area contributed by atoms with Crippen LogP contribution in [0, 0.1) is 116 Å². The lowest BCUT2D eigenvalue weighted by Crippen LogP contribution is -3.03. The number of nitrogens with one attached hydrogen (secondary N) is 1. The van der Waals surface area contributed by atoms with E-state index < -0.39 is 144 Å². The Balaban J connectivity index is 0.000000355. The smallest absolute Gasteiger partial charge is 0.200 e. The average molecular weight is 1150 g/mol. The van der Waals surface area contributed by atoms with Gasteiger partial charge in [-0.1, -0.05) is 148 Å². The van der Waals surface area contributed by atoms with Gasteiger partial charge in [0.25, 0.3) is 0 Å². The van der Waals surface area contributed by atoms with Crippen LogP contribution in [0.5, 0.6) is 0 Å². The predicted octanol–water partition coefficient (Wildman–Crippen LogP) is 15.8.